The molecule has 1 aromatic carbocycles. The number of carboxylic acid groups (broad SMARTS) is 1. The molecule has 1 heterocycles. The summed E-state index contributed by atoms with van der Waals surface area (Å²) in [5.74, 6) is -1.39. The molecule has 0 saturated heterocycles. The second kappa shape index (κ2) is 7.45. The average Bonchev–Trinajstić information content (AvgIpc) is 2.60. The Hall–Kier alpha value is -2.40. The monoisotopic (exact) mass is 346 g/mol. The summed E-state index contributed by atoms with van der Waals surface area (Å²) in [5.41, 5.74) is 1.04. The van der Waals surface area contributed by atoms with Crippen LogP contribution in [0.2, 0.25) is 5.02 Å². The molecule has 1 amide bonds. The third kappa shape index (κ3) is 3.92. The van der Waals surface area contributed by atoms with E-state index >= 15 is 0 Å². The number of carboxylic acids is 1. The highest BCUT2D eigenvalue weighted by molar-refractivity contribution is 6.30. The second-order valence-electron chi connectivity index (χ2n) is 5.71. The first-order chi connectivity index (χ1) is 11.3. The molecule has 2 atom stereocenters. The smallest absolute Gasteiger partial charge is 0.354 e. The molecule has 6 heteroatoms. The molecule has 1 aromatic heterocycles. The lowest BCUT2D eigenvalue weighted by Crippen LogP contribution is -2.38. The highest BCUT2D eigenvalue weighted by Crippen LogP contribution is 2.24. The fourth-order valence-electron chi connectivity index (χ4n) is 2.42. The molecule has 24 heavy (non-hydrogen) atoms. The Bertz CT molecular complexity index is 746. The van der Waals surface area contributed by atoms with Crippen LogP contribution in [-0.2, 0) is 0 Å². The lowest BCUT2D eigenvalue weighted by Gasteiger charge is -2.30. The van der Waals surface area contributed by atoms with Gasteiger partial charge in [-0.3, -0.25) is 4.79 Å². The highest BCUT2D eigenvalue weighted by atomic mass is 35.5. The van der Waals surface area contributed by atoms with Crippen LogP contribution in [-0.4, -0.2) is 40.0 Å². The molecule has 2 unspecified atom stereocenters. The van der Waals surface area contributed by atoms with Gasteiger partial charge in [0, 0.05) is 24.0 Å². The maximum absolute atomic E-state index is 12.6. The van der Waals surface area contributed by atoms with Gasteiger partial charge in [0.2, 0.25) is 0 Å². The zero-order chi connectivity index (χ0) is 17.9. The summed E-state index contributed by atoms with van der Waals surface area (Å²) in [6.45, 7) is 3.97. The van der Waals surface area contributed by atoms with Gasteiger partial charge < -0.3 is 10.0 Å². The van der Waals surface area contributed by atoms with E-state index in [1.54, 1.807) is 11.9 Å². The molecule has 0 bridgehead atoms. The summed E-state index contributed by atoms with van der Waals surface area (Å²) < 4.78 is 0. The van der Waals surface area contributed by atoms with Gasteiger partial charge in [0.05, 0.1) is 0 Å². The van der Waals surface area contributed by atoms with E-state index in [4.69, 9.17) is 16.7 Å². The van der Waals surface area contributed by atoms with Crippen LogP contribution in [0.5, 0.6) is 0 Å². The van der Waals surface area contributed by atoms with Crippen molar-refractivity contribution in [3.05, 3.63) is 64.4 Å². The first-order valence-electron chi connectivity index (χ1n) is 7.54. The van der Waals surface area contributed by atoms with Crippen LogP contribution in [0, 0.1) is 0 Å². The minimum absolute atomic E-state index is 0.0823. The minimum atomic E-state index is -1.16. The van der Waals surface area contributed by atoms with Crippen molar-refractivity contribution in [3.63, 3.8) is 0 Å². The number of carbonyl (C=O) groups excluding carboxylic acids is 1. The summed E-state index contributed by atoms with van der Waals surface area (Å²) in [4.78, 5) is 29.1. The molecule has 0 spiro atoms. The maximum Gasteiger partial charge on any atom is 0.354 e. The second-order valence-corrected chi connectivity index (χ2v) is 6.15. The number of hydrogen-bond acceptors (Lipinski definition) is 3. The summed E-state index contributed by atoms with van der Waals surface area (Å²) in [5, 5.41) is 9.66. The van der Waals surface area contributed by atoms with Crippen molar-refractivity contribution >= 4 is 23.5 Å². The van der Waals surface area contributed by atoms with E-state index in [9.17, 15) is 9.59 Å². The molecule has 0 aliphatic heterocycles. The molecular weight excluding hydrogens is 328 g/mol. The van der Waals surface area contributed by atoms with Crippen molar-refractivity contribution in [2.24, 2.45) is 0 Å². The molecule has 5 nitrogen and oxygen atoms in total. The third-order valence-corrected chi connectivity index (χ3v) is 4.49. The normalized spacial score (nSPS) is 13.2. The van der Waals surface area contributed by atoms with Gasteiger partial charge in [-0.2, -0.15) is 0 Å². The number of hydrogen-bond donors (Lipinski definition) is 1. The third-order valence-electron chi connectivity index (χ3n) is 4.24. The van der Waals surface area contributed by atoms with E-state index in [0.717, 1.165) is 5.56 Å². The van der Waals surface area contributed by atoms with Gasteiger partial charge in [-0.1, -0.05) is 36.7 Å². The van der Waals surface area contributed by atoms with Crippen LogP contribution in [0.1, 0.15) is 46.3 Å². The fraction of sp³-hybridized carbons (Fsp3) is 0.278. The van der Waals surface area contributed by atoms with E-state index < -0.39 is 5.97 Å². The Morgan fingerprint density at radius 2 is 1.67 bits per heavy atom. The van der Waals surface area contributed by atoms with Crippen molar-refractivity contribution < 1.29 is 14.7 Å². The SMILES string of the molecule is CC(c1ccc(Cl)cc1)C(C)N(C)C(=O)c1cccc(C(=O)O)n1. The maximum atomic E-state index is 12.6. The van der Waals surface area contributed by atoms with E-state index in [0.29, 0.717) is 5.02 Å². The van der Waals surface area contributed by atoms with E-state index in [1.807, 2.05) is 38.1 Å². The first-order valence-corrected chi connectivity index (χ1v) is 7.92. The van der Waals surface area contributed by atoms with Crippen LogP contribution in [0.25, 0.3) is 0 Å². The van der Waals surface area contributed by atoms with Crippen LogP contribution < -0.4 is 0 Å². The topological polar surface area (TPSA) is 70.5 Å². The number of likely N-dealkylation sites (N-methyl/N-ethyl adjacent to an activating group) is 1. The van der Waals surface area contributed by atoms with Crippen LogP contribution in [0.15, 0.2) is 42.5 Å². The molecule has 0 fully saturated rings. The Labute approximate surface area is 145 Å². The fourth-order valence-corrected chi connectivity index (χ4v) is 2.54. The Morgan fingerprint density at radius 1 is 1.08 bits per heavy atom. The molecule has 2 aromatic rings. The molecule has 0 radical (unpaired) electrons. The zero-order valence-corrected chi connectivity index (χ0v) is 14.5. The number of amides is 1. The van der Waals surface area contributed by atoms with E-state index in [1.165, 1.54) is 18.2 Å². The number of halogens is 1. The molecule has 0 saturated carbocycles. The Balaban J connectivity index is 2.18. The summed E-state index contributed by atoms with van der Waals surface area (Å²) in [6.07, 6.45) is 0. The van der Waals surface area contributed by atoms with E-state index in [2.05, 4.69) is 4.98 Å². The summed E-state index contributed by atoms with van der Waals surface area (Å²) in [7, 11) is 1.69. The summed E-state index contributed by atoms with van der Waals surface area (Å²) >= 11 is 5.91. The highest BCUT2D eigenvalue weighted by Gasteiger charge is 2.24. The average molecular weight is 347 g/mol. The van der Waals surface area contributed by atoms with Crippen molar-refractivity contribution in [2.75, 3.05) is 7.05 Å². The van der Waals surface area contributed by atoms with Gasteiger partial charge in [0.15, 0.2) is 0 Å². The predicted octanol–water partition coefficient (Wildman–Crippen LogP) is 3.70. The van der Waals surface area contributed by atoms with Gasteiger partial charge >= 0.3 is 5.97 Å². The van der Waals surface area contributed by atoms with Crippen molar-refractivity contribution in [2.45, 2.75) is 25.8 Å². The summed E-state index contributed by atoms with van der Waals surface area (Å²) in [6, 6.07) is 11.8. The van der Waals surface area contributed by atoms with Crippen molar-refractivity contribution in [1.82, 2.24) is 9.88 Å². The molecule has 1 N–H and O–H groups in total. The molecule has 0 aliphatic rings. The van der Waals surface area contributed by atoms with Crippen LogP contribution in [0.3, 0.4) is 0 Å². The van der Waals surface area contributed by atoms with Gasteiger partial charge in [-0.05, 0) is 36.8 Å². The molecule has 0 aliphatic carbocycles. The van der Waals surface area contributed by atoms with Gasteiger partial charge in [0.25, 0.3) is 5.91 Å². The number of nitrogens with zero attached hydrogens (tertiary/aromatic N) is 2. The molecule has 2 rings (SSSR count). The van der Waals surface area contributed by atoms with Crippen molar-refractivity contribution in [1.29, 1.82) is 0 Å². The quantitative estimate of drug-likeness (QED) is 0.896. The number of aromatic carboxylic acids is 1. The minimum Gasteiger partial charge on any atom is -0.477 e. The van der Waals surface area contributed by atoms with Crippen molar-refractivity contribution in [3.8, 4) is 0 Å². The number of benzene rings is 1. The zero-order valence-electron chi connectivity index (χ0n) is 13.7. The van der Waals surface area contributed by atoms with Gasteiger partial charge in [-0.25, -0.2) is 9.78 Å². The van der Waals surface area contributed by atoms with Crippen LogP contribution in [0.4, 0.5) is 0 Å². The lowest BCUT2D eigenvalue weighted by molar-refractivity contribution is 0.0689. The number of pyridine rings is 1. The number of carbonyl (C=O) groups is 2. The Kier molecular flexibility index (Phi) is 5.57. The number of rotatable bonds is 5. The predicted molar refractivity (Wildman–Crippen MR) is 92.6 cm³/mol. The van der Waals surface area contributed by atoms with Gasteiger partial charge in [0.1, 0.15) is 11.4 Å². The lowest BCUT2D eigenvalue weighted by atomic mass is 9.93. The molecular formula is C18H19ClN2O3. The van der Waals surface area contributed by atoms with Crippen LogP contribution >= 0.6 is 11.6 Å². The largest absolute Gasteiger partial charge is 0.477 e. The Morgan fingerprint density at radius 3 is 2.25 bits per heavy atom. The molecule has 126 valence electrons. The first kappa shape index (κ1) is 17.9. The standard InChI is InChI=1S/C18H19ClN2O3/c1-11(13-7-9-14(19)10-8-13)12(2)21(3)17(22)15-5-4-6-16(20-15)18(23)24/h4-12H,1-3H3,(H,23,24). The number of aromatic nitrogens is 1. The van der Waals surface area contributed by atoms with E-state index in [-0.39, 0.29) is 29.3 Å². The van der Waals surface area contributed by atoms with Gasteiger partial charge in [-0.15, -0.1) is 0 Å².